The van der Waals surface area contributed by atoms with Crippen LogP contribution in [0.1, 0.15) is 18.4 Å². The van der Waals surface area contributed by atoms with Crippen molar-refractivity contribution in [2.75, 3.05) is 19.7 Å². The molecule has 0 unspecified atom stereocenters. The summed E-state index contributed by atoms with van der Waals surface area (Å²) in [6.45, 7) is -2.23. The van der Waals surface area contributed by atoms with Crippen LogP contribution in [0.15, 0.2) is 36.4 Å². The number of nitro benzene ring substituents is 1. The van der Waals surface area contributed by atoms with E-state index >= 15 is 0 Å². The molecule has 1 aliphatic rings. The van der Waals surface area contributed by atoms with E-state index in [9.17, 15) is 41.5 Å². The molecule has 2 aromatic rings. The molecule has 1 amide bonds. The van der Waals surface area contributed by atoms with Crippen molar-refractivity contribution in [2.24, 2.45) is 5.92 Å². The Hall–Kier alpha value is -3.39. The number of esters is 1. The van der Waals surface area contributed by atoms with Crippen LogP contribution < -0.4 is 0 Å². The molecule has 0 spiro atoms. The Kier molecular flexibility index (Phi) is 7.31. The number of halogens is 2. The molecule has 0 bridgehead atoms. The summed E-state index contributed by atoms with van der Waals surface area (Å²) in [7, 11) is -5.97. The predicted octanol–water partition coefficient (Wildman–Crippen LogP) is 2.78. The Labute approximate surface area is 192 Å². The van der Waals surface area contributed by atoms with E-state index in [2.05, 4.69) is 4.74 Å². The minimum atomic E-state index is -5.97. The van der Waals surface area contributed by atoms with E-state index in [1.54, 1.807) is 30.3 Å². The quantitative estimate of drug-likeness (QED) is 0.241. The van der Waals surface area contributed by atoms with Crippen molar-refractivity contribution in [3.63, 3.8) is 0 Å². The fraction of sp³-hybridized carbons (Fsp3) is 0.400. The third-order valence-corrected chi connectivity index (χ3v) is 6.18. The van der Waals surface area contributed by atoms with Gasteiger partial charge >= 0.3 is 17.3 Å². The van der Waals surface area contributed by atoms with Gasteiger partial charge in [-0.25, -0.2) is 13.2 Å². The van der Waals surface area contributed by atoms with Crippen LogP contribution in [0.5, 0.6) is 0 Å². The molecule has 0 N–H and O–H groups in total. The van der Waals surface area contributed by atoms with E-state index in [-0.39, 0.29) is 43.8 Å². The molecular formula is C20H19F2N2O9S-. The normalized spacial score (nSPS) is 15.2. The van der Waals surface area contributed by atoms with Crippen LogP contribution in [0.3, 0.4) is 0 Å². The number of fused-ring (bicyclic) bond motifs is 1. The maximum Gasteiger partial charge on any atom is 0.410 e. The maximum atomic E-state index is 13.1. The number of nitro groups is 1. The number of carbonyl (C=O) groups is 2. The first kappa shape index (κ1) is 25.2. The molecule has 0 aromatic heterocycles. The van der Waals surface area contributed by atoms with Crippen molar-refractivity contribution >= 4 is 38.6 Å². The van der Waals surface area contributed by atoms with E-state index in [0.29, 0.717) is 5.39 Å². The zero-order valence-electron chi connectivity index (χ0n) is 17.5. The summed E-state index contributed by atoms with van der Waals surface area (Å²) < 4.78 is 67.1. The average molecular weight is 501 g/mol. The summed E-state index contributed by atoms with van der Waals surface area (Å²) in [5.74, 6) is -1.99. The number of amides is 1. The molecule has 11 nitrogen and oxygen atoms in total. The van der Waals surface area contributed by atoms with Gasteiger partial charge in [-0.3, -0.25) is 14.9 Å². The third-order valence-electron chi connectivity index (χ3n) is 5.33. The van der Waals surface area contributed by atoms with Crippen LogP contribution >= 0.6 is 0 Å². The Balaban J connectivity index is 1.54. The summed E-state index contributed by atoms with van der Waals surface area (Å²) >= 11 is 0. The monoisotopic (exact) mass is 501 g/mol. The number of alkyl halides is 2. The molecule has 3 rings (SSSR count). The second-order valence-corrected chi connectivity index (χ2v) is 9.11. The summed E-state index contributed by atoms with van der Waals surface area (Å²) in [6, 6.07) is 9.92. The van der Waals surface area contributed by atoms with Gasteiger partial charge in [0.1, 0.15) is 6.61 Å². The largest absolute Gasteiger partial charge is 0.743 e. The standard InChI is InChI=1S/C20H20F2N2O9S/c21-20(22,34(29,30)31)12-33-18(25)13-5-7-23(8-6-13)19(26)32-11-16-9-14-3-1-2-4-15(14)10-17(16)24(27)28/h1-4,9-10,13H,5-8,11-12H2,(H,29,30,31)/p-1. The van der Waals surface area contributed by atoms with Gasteiger partial charge in [-0.1, -0.05) is 24.3 Å². The highest BCUT2D eigenvalue weighted by molar-refractivity contribution is 7.86. The van der Waals surface area contributed by atoms with Crippen LogP contribution in [0.2, 0.25) is 0 Å². The molecule has 14 heteroatoms. The molecule has 2 aromatic carbocycles. The first-order chi connectivity index (χ1) is 15.9. The Morgan fingerprint density at radius 2 is 1.71 bits per heavy atom. The average Bonchev–Trinajstić information content (AvgIpc) is 2.79. The smallest absolute Gasteiger partial charge is 0.410 e. The maximum absolute atomic E-state index is 13.1. The number of piperidine rings is 1. The summed E-state index contributed by atoms with van der Waals surface area (Å²) in [4.78, 5) is 36.4. The number of benzene rings is 2. The van der Waals surface area contributed by atoms with Gasteiger partial charge in [0.2, 0.25) is 0 Å². The first-order valence-corrected chi connectivity index (χ1v) is 11.4. The molecule has 1 aliphatic heterocycles. The van der Waals surface area contributed by atoms with Crippen LogP contribution in [-0.4, -0.2) is 59.8 Å². The highest BCUT2D eigenvalue weighted by atomic mass is 32.2. The molecule has 184 valence electrons. The van der Waals surface area contributed by atoms with Gasteiger partial charge in [0.25, 0.3) is 5.69 Å². The zero-order valence-corrected chi connectivity index (χ0v) is 18.3. The summed E-state index contributed by atoms with van der Waals surface area (Å²) in [6.07, 6.45) is -0.724. The number of hydrogen-bond donors (Lipinski definition) is 0. The van der Waals surface area contributed by atoms with Crippen molar-refractivity contribution in [3.05, 3.63) is 52.1 Å². The van der Waals surface area contributed by atoms with Crippen molar-refractivity contribution in [1.82, 2.24) is 4.90 Å². The van der Waals surface area contributed by atoms with Gasteiger partial charge in [-0.05, 0) is 29.7 Å². The molecule has 34 heavy (non-hydrogen) atoms. The first-order valence-electron chi connectivity index (χ1n) is 9.97. The van der Waals surface area contributed by atoms with Gasteiger partial charge < -0.3 is 18.9 Å². The molecule has 0 saturated carbocycles. The van der Waals surface area contributed by atoms with Crippen LogP contribution in [0.4, 0.5) is 19.3 Å². The SMILES string of the molecule is O=C(OCC(F)(F)S(=O)(=O)[O-])C1CCN(C(=O)OCc2cc3ccccc3cc2[N+](=O)[O-])CC1. The van der Waals surface area contributed by atoms with Crippen LogP contribution in [0.25, 0.3) is 10.8 Å². The van der Waals surface area contributed by atoms with E-state index in [4.69, 9.17) is 4.74 Å². The van der Waals surface area contributed by atoms with Gasteiger partial charge in [-0.2, -0.15) is 8.78 Å². The number of carbonyl (C=O) groups excluding carboxylic acids is 2. The highest BCUT2D eigenvalue weighted by Crippen LogP contribution is 2.27. The fourth-order valence-corrected chi connectivity index (χ4v) is 3.64. The van der Waals surface area contributed by atoms with Crippen LogP contribution in [0, 0.1) is 16.0 Å². The second-order valence-electron chi connectivity index (χ2n) is 7.60. The molecule has 0 aliphatic carbocycles. The number of likely N-dealkylation sites (tertiary alicyclic amines) is 1. The lowest BCUT2D eigenvalue weighted by molar-refractivity contribution is -0.385. The van der Waals surface area contributed by atoms with Crippen molar-refractivity contribution < 1.29 is 45.7 Å². The van der Waals surface area contributed by atoms with E-state index in [0.717, 1.165) is 5.39 Å². The molecular weight excluding hydrogens is 482 g/mol. The number of nitrogens with zero attached hydrogens (tertiary/aromatic N) is 2. The third kappa shape index (κ3) is 5.75. The number of hydrogen-bond acceptors (Lipinski definition) is 9. The molecule has 1 saturated heterocycles. The summed E-state index contributed by atoms with van der Waals surface area (Å²) in [5.41, 5.74) is -0.00498. The lowest BCUT2D eigenvalue weighted by Crippen LogP contribution is -2.42. The Morgan fingerprint density at radius 3 is 2.26 bits per heavy atom. The number of ether oxygens (including phenoxy) is 2. The minimum absolute atomic E-state index is 0.00859. The number of rotatable bonds is 7. The van der Waals surface area contributed by atoms with Crippen LogP contribution in [-0.2, 0) is 31.0 Å². The topological polar surface area (TPSA) is 156 Å². The lowest BCUT2D eigenvalue weighted by atomic mass is 9.97. The Morgan fingerprint density at radius 1 is 1.12 bits per heavy atom. The van der Waals surface area contributed by atoms with Gasteiger partial charge in [0, 0.05) is 19.2 Å². The van der Waals surface area contributed by atoms with Crippen molar-refractivity contribution in [2.45, 2.75) is 24.7 Å². The van der Waals surface area contributed by atoms with Gasteiger partial charge in [0.15, 0.2) is 16.7 Å². The summed E-state index contributed by atoms with van der Waals surface area (Å²) in [5, 5.41) is 8.04. The van der Waals surface area contributed by atoms with E-state index in [1.165, 1.54) is 11.0 Å². The van der Waals surface area contributed by atoms with Gasteiger partial charge in [0.05, 0.1) is 16.4 Å². The lowest BCUT2D eigenvalue weighted by Gasteiger charge is -2.30. The van der Waals surface area contributed by atoms with Gasteiger partial charge in [-0.15, -0.1) is 0 Å². The fourth-order valence-electron chi connectivity index (χ4n) is 3.43. The van der Waals surface area contributed by atoms with E-state index in [1.807, 2.05) is 0 Å². The predicted molar refractivity (Wildman–Crippen MR) is 111 cm³/mol. The minimum Gasteiger partial charge on any atom is -0.743 e. The highest BCUT2D eigenvalue weighted by Gasteiger charge is 2.40. The Bertz CT molecular complexity index is 1210. The molecule has 0 radical (unpaired) electrons. The molecule has 1 heterocycles. The van der Waals surface area contributed by atoms with Crippen molar-refractivity contribution in [3.8, 4) is 0 Å². The molecule has 1 fully saturated rings. The van der Waals surface area contributed by atoms with E-state index < -0.39 is 44.9 Å². The second kappa shape index (κ2) is 9.85. The molecule has 0 atom stereocenters. The van der Waals surface area contributed by atoms with Crippen molar-refractivity contribution in [1.29, 1.82) is 0 Å². The zero-order chi connectivity index (χ0) is 25.1.